The number of aromatic nitrogens is 1. The van der Waals surface area contributed by atoms with Gasteiger partial charge in [-0.1, -0.05) is 6.07 Å². The minimum Gasteiger partial charge on any atom is -0.504 e. The van der Waals surface area contributed by atoms with Gasteiger partial charge >= 0.3 is 5.63 Å². The molecule has 4 N–H and O–H groups in total. The molecule has 0 fully saturated rings. The zero-order chi connectivity index (χ0) is 25.3. The summed E-state index contributed by atoms with van der Waals surface area (Å²) in [7, 11) is 2.91. The van der Waals surface area contributed by atoms with Crippen LogP contribution in [0.3, 0.4) is 0 Å². The Hall–Kier alpha value is -4.79. The van der Waals surface area contributed by atoms with Crippen molar-refractivity contribution in [1.82, 2.24) is 4.57 Å². The lowest BCUT2D eigenvalue weighted by molar-refractivity contribution is 0.373. The van der Waals surface area contributed by atoms with Crippen molar-refractivity contribution in [1.29, 1.82) is 0 Å². The maximum Gasteiger partial charge on any atom is 0.361 e. The second-order valence-corrected chi connectivity index (χ2v) is 8.64. The first-order chi connectivity index (χ1) is 17.3. The number of aryl methyl sites for hydroxylation is 2. The Labute approximate surface area is 203 Å². The summed E-state index contributed by atoms with van der Waals surface area (Å²) in [5.41, 5.74) is 3.39. The van der Waals surface area contributed by atoms with Gasteiger partial charge in [0, 0.05) is 34.5 Å². The topological polar surface area (TPSA) is 135 Å². The Balaban J connectivity index is 1.86. The zero-order valence-electron chi connectivity index (χ0n) is 19.3. The van der Waals surface area contributed by atoms with Crippen molar-refractivity contribution in [2.75, 3.05) is 14.2 Å². The lowest BCUT2D eigenvalue weighted by atomic mass is 9.91. The summed E-state index contributed by atoms with van der Waals surface area (Å²) < 4.78 is 18.1. The van der Waals surface area contributed by atoms with E-state index >= 15 is 0 Å². The number of hydrogen-bond donors (Lipinski definition) is 4. The van der Waals surface area contributed by atoms with E-state index < -0.39 is 11.4 Å². The molecule has 0 radical (unpaired) electrons. The van der Waals surface area contributed by atoms with Gasteiger partial charge in [0.2, 0.25) is 0 Å². The molecule has 0 aliphatic carbocycles. The largest absolute Gasteiger partial charge is 0.504 e. The van der Waals surface area contributed by atoms with Crippen LogP contribution in [0.4, 0.5) is 0 Å². The predicted octanol–water partition coefficient (Wildman–Crippen LogP) is 4.48. The van der Waals surface area contributed by atoms with Crippen molar-refractivity contribution in [2.45, 2.75) is 13.0 Å². The first kappa shape index (κ1) is 21.7. The minimum absolute atomic E-state index is 0.0130. The quantitative estimate of drug-likeness (QED) is 0.216. The lowest BCUT2D eigenvalue weighted by Gasteiger charge is -2.22. The number of nitrogens with zero attached hydrogens (tertiary/aromatic N) is 1. The monoisotopic (exact) mass is 487 g/mol. The predicted molar refractivity (Wildman–Crippen MR) is 132 cm³/mol. The smallest absolute Gasteiger partial charge is 0.361 e. The highest BCUT2D eigenvalue weighted by Gasteiger charge is 2.30. The first-order valence-corrected chi connectivity index (χ1v) is 11.1. The molecule has 0 amide bonds. The fraction of sp³-hybridized carbons (Fsp3) is 0.148. The normalized spacial score (nSPS) is 12.5. The van der Waals surface area contributed by atoms with Gasteiger partial charge in [-0.25, -0.2) is 4.79 Å². The third-order valence-corrected chi connectivity index (χ3v) is 6.74. The van der Waals surface area contributed by atoms with Crippen molar-refractivity contribution in [3.63, 3.8) is 0 Å². The van der Waals surface area contributed by atoms with Crippen molar-refractivity contribution in [3.8, 4) is 56.9 Å². The van der Waals surface area contributed by atoms with Crippen molar-refractivity contribution in [3.05, 3.63) is 58.4 Å². The average Bonchev–Trinajstić information content (AvgIpc) is 3.21. The number of benzene rings is 3. The molecule has 3 heterocycles. The molecular formula is C27H21NO8. The van der Waals surface area contributed by atoms with Crippen molar-refractivity contribution in [2.24, 2.45) is 0 Å². The van der Waals surface area contributed by atoms with E-state index in [1.165, 1.54) is 32.4 Å². The summed E-state index contributed by atoms with van der Waals surface area (Å²) in [5.74, 6) is -0.277. The van der Waals surface area contributed by atoms with Crippen LogP contribution in [-0.2, 0) is 13.0 Å². The Morgan fingerprint density at radius 1 is 0.861 bits per heavy atom. The first-order valence-electron chi connectivity index (χ1n) is 11.1. The molecule has 6 rings (SSSR count). The minimum atomic E-state index is -0.602. The van der Waals surface area contributed by atoms with Crippen LogP contribution in [0.15, 0.2) is 51.7 Å². The standard InChI is InChI=1S/C27H21NO8/c1-34-21-8-13(3-4-16(21)29)23-24-15-9-17(30)18(31)11-20(15)36-27(33)26(24)28-6-5-12-7-19(32)22(35-2)10-14(12)25(23)28/h3-4,7-11,29-32H,5-6H2,1-2H3. The Morgan fingerprint density at radius 2 is 1.58 bits per heavy atom. The maximum atomic E-state index is 13.3. The van der Waals surface area contributed by atoms with Crippen LogP contribution >= 0.6 is 0 Å². The third kappa shape index (κ3) is 2.92. The maximum absolute atomic E-state index is 13.3. The number of ether oxygens (including phenoxy) is 2. The molecule has 0 spiro atoms. The molecule has 0 saturated heterocycles. The van der Waals surface area contributed by atoms with E-state index in [0.29, 0.717) is 46.1 Å². The van der Waals surface area contributed by atoms with Crippen LogP contribution in [0.5, 0.6) is 34.5 Å². The SMILES string of the molecule is COc1cc(-c2c3n(c4c(=O)oc5cc(O)c(O)cc5c24)CCc2cc(O)c(OC)cc2-3)ccc1O. The van der Waals surface area contributed by atoms with E-state index in [1.807, 2.05) is 4.57 Å². The van der Waals surface area contributed by atoms with Gasteiger partial charge < -0.3 is 38.9 Å². The van der Waals surface area contributed by atoms with Crippen molar-refractivity contribution < 1.29 is 34.3 Å². The van der Waals surface area contributed by atoms with Crippen LogP contribution in [0.1, 0.15) is 5.56 Å². The number of fused-ring (bicyclic) bond motifs is 7. The van der Waals surface area contributed by atoms with E-state index in [9.17, 15) is 25.2 Å². The van der Waals surface area contributed by atoms with Gasteiger partial charge in [-0.05, 0) is 47.9 Å². The molecule has 0 saturated carbocycles. The molecule has 1 aliphatic heterocycles. The Bertz CT molecular complexity index is 1780. The molecule has 3 aromatic carbocycles. The van der Waals surface area contributed by atoms with E-state index in [-0.39, 0.29) is 34.3 Å². The highest BCUT2D eigenvalue weighted by atomic mass is 16.5. The van der Waals surface area contributed by atoms with E-state index in [1.54, 1.807) is 24.3 Å². The Morgan fingerprint density at radius 3 is 2.33 bits per heavy atom. The van der Waals surface area contributed by atoms with Crippen LogP contribution in [-0.4, -0.2) is 39.2 Å². The van der Waals surface area contributed by atoms with Gasteiger partial charge in [0.25, 0.3) is 0 Å². The van der Waals surface area contributed by atoms with Crippen LogP contribution < -0.4 is 15.1 Å². The lowest BCUT2D eigenvalue weighted by Crippen LogP contribution is -2.14. The number of hydrogen-bond acceptors (Lipinski definition) is 8. The Kier molecular flexibility index (Phi) is 4.59. The second-order valence-electron chi connectivity index (χ2n) is 8.64. The van der Waals surface area contributed by atoms with E-state index in [2.05, 4.69) is 0 Å². The molecule has 36 heavy (non-hydrogen) atoms. The fourth-order valence-corrected chi connectivity index (χ4v) is 5.13. The highest BCUT2D eigenvalue weighted by molar-refractivity contribution is 6.17. The molecule has 0 unspecified atom stereocenters. The number of rotatable bonds is 3. The number of aromatic hydroxyl groups is 4. The van der Waals surface area contributed by atoms with Gasteiger partial charge in [-0.15, -0.1) is 0 Å². The molecule has 2 aromatic heterocycles. The molecule has 5 aromatic rings. The average molecular weight is 487 g/mol. The summed E-state index contributed by atoms with van der Waals surface area (Å²) in [6, 6.07) is 10.8. The molecule has 1 aliphatic rings. The van der Waals surface area contributed by atoms with E-state index in [4.69, 9.17) is 13.9 Å². The molecule has 0 bridgehead atoms. The van der Waals surface area contributed by atoms with Crippen LogP contribution in [0.2, 0.25) is 0 Å². The molecule has 9 nitrogen and oxygen atoms in total. The van der Waals surface area contributed by atoms with Gasteiger partial charge in [-0.2, -0.15) is 0 Å². The van der Waals surface area contributed by atoms with Gasteiger partial charge in [-0.3, -0.25) is 0 Å². The molecular weight excluding hydrogens is 466 g/mol. The van der Waals surface area contributed by atoms with E-state index in [0.717, 1.165) is 11.1 Å². The van der Waals surface area contributed by atoms with Crippen LogP contribution in [0, 0.1) is 0 Å². The summed E-state index contributed by atoms with van der Waals surface area (Å²) in [4.78, 5) is 13.3. The molecule has 182 valence electrons. The number of methoxy groups -OCH3 is 2. The van der Waals surface area contributed by atoms with Gasteiger partial charge in [0.1, 0.15) is 11.1 Å². The summed E-state index contributed by atoms with van der Waals surface area (Å²) in [6.07, 6.45) is 0.542. The molecule has 0 atom stereocenters. The fourth-order valence-electron chi connectivity index (χ4n) is 5.13. The summed E-state index contributed by atoms with van der Waals surface area (Å²) in [5, 5.41) is 41.9. The highest BCUT2D eigenvalue weighted by Crippen LogP contribution is 2.49. The second kappa shape index (κ2) is 7.61. The van der Waals surface area contributed by atoms with Gasteiger partial charge in [0.05, 0.1) is 19.9 Å². The number of phenolic OH excluding ortho intramolecular Hbond substituents is 4. The van der Waals surface area contributed by atoms with Crippen LogP contribution in [0.25, 0.3) is 44.3 Å². The summed E-state index contributed by atoms with van der Waals surface area (Å²) in [6.45, 7) is 0.431. The summed E-state index contributed by atoms with van der Waals surface area (Å²) >= 11 is 0. The van der Waals surface area contributed by atoms with Crippen molar-refractivity contribution >= 4 is 21.9 Å². The number of phenols is 4. The third-order valence-electron chi connectivity index (χ3n) is 6.74. The van der Waals surface area contributed by atoms with Gasteiger partial charge in [0.15, 0.2) is 34.5 Å². The zero-order valence-corrected chi connectivity index (χ0v) is 19.3. The molecule has 9 heteroatoms.